The van der Waals surface area contributed by atoms with Crippen LogP contribution in [0, 0.1) is 5.92 Å². The van der Waals surface area contributed by atoms with Crippen molar-refractivity contribution in [2.45, 2.75) is 38.1 Å². The van der Waals surface area contributed by atoms with Gasteiger partial charge in [-0.25, -0.2) is 13.1 Å². The molecule has 1 amide bonds. The van der Waals surface area contributed by atoms with Gasteiger partial charge in [0.05, 0.1) is 4.90 Å². The summed E-state index contributed by atoms with van der Waals surface area (Å²) in [5, 5.41) is 2.84. The monoisotopic (exact) mass is 374 g/mol. The highest BCUT2D eigenvalue weighted by Gasteiger charge is 2.18. The molecule has 6 heteroatoms. The van der Waals surface area contributed by atoms with E-state index in [2.05, 4.69) is 23.9 Å². The van der Waals surface area contributed by atoms with Gasteiger partial charge >= 0.3 is 0 Å². The SMILES string of the molecule is CC(C)CCNC(=O)c1ccc(S(=O)(=O)NC(C)c2ccccc2)cc1. The Labute approximate surface area is 155 Å². The van der Waals surface area contributed by atoms with Gasteiger partial charge in [-0.1, -0.05) is 44.2 Å². The van der Waals surface area contributed by atoms with E-state index >= 15 is 0 Å². The Morgan fingerprint density at radius 3 is 2.15 bits per heavy atom. The summed E-state index contributed by atoms with van der Waals surface area (Å²) < 4.78 is 27.7. The molecule has 0 heterocycles. The lowest BCUT2D eigenvalue weighted by Crippen LogP contribution is -2.27. The van der Waals surface area contributed by atoms with Crippen molar-refractivity contribution in [3.63, 3.8) is 0 Å². The first-order chi connectivity index (χ1) is 12.3. The van der Waals surface area contributed by atoms with Gasteiger partial charge in [-0.15, -0.1) is 0 Å². The Bertz CT molecular complexity index is 816. The zero-order chi connectivity index (χ0) is 19.2. The standard InChI is InChI=1S/C20H26N2O3S/c1-15(2)13-14-21-20(23)18-9-11-19(12-10-18)26(24,25)22-16(3)17-7-5-4-6-8-17/h4-12,15-16,22H,13-14H2,1-3H3,(H,21,23). The highest BCUT2D eigenvalue weighted by molar-refractivity contribution is 7.89. The average molecular weight is 375 g/mol. The van der Waals surface area contributed by atoms with Crippen molar-refractivity contribution >= 4 is 15.9 Å². The second-order valence-corrected chi connectivity index (χ2v) is 8.43. The van der Waals surface area contributed by atoms with Gasteiger partial charge in [0, 0.05) is 18.2 Å². The smallest absolute Gasteiger partial charge is 0.251 e. The minimum absolute atomic E-state index is 0.138. The first-order valence-electron chi connectivity index (χ1n) is 8.75. The largest absolute Gasteiger partial charge is 0.352 e. The molecule has 0 aliphatic heterocycles. The van der Waals surface area contributed by atoms with Crippen LogP contribution >= 0.6 is 0 Å². The molecular weight excluding hydrogens is 348 g/mol. The zero-order valence-corrected chi connectivity index (χ0v) is 16.2. The lowest BCUT2D eigenvalue weighted by atomic mass is 10.1. The third-order valence-electron chi connectivity index (χ3n) is 4.07. The first-order valence-corrected chi connectivity index (χ1v) is 10.2. The molecule has 0 bridgehead atoms. The predicted molar refractivity (Wildman–Crippen MR) is 103 cm³/mol. The van der Waals surface area contributed by atoms with E-state index in [1.165, 1.54) is 24.3 Å². The normalized spacial score (nSPS) is 12.8. The summed E-state index contributed by atoms with van der Waals surface area (Å²) in [4.78, 5) is 12.2. The van der Waals surface area contributed by atoms with Crippen LogP contribution in [-0.2, 0) is 10.0 Å². The molecule has 2 aromatic rings. The lowest BCUT2D eigenvalue weighted by Gasteiger charge is -2.15. The molecule has 0 saturated heterocycles. The average Bonchev–Trinajstić information content (AvgIpc) is 2.62. The molecule has 0 spiro atoms. The number of benzene rings is 2. The summed E-state index contributed by atoms with van der Waals surface area (Å²) in [7, 11) is -3.66. The highest BCUT2D eigenvalue weighted by atomic mass is 32.2. The Balaban J connectivity index is 2.03. The molecule has 2 aromatic carbocycles. The van der Waals surface area contributed by atoms with Gasteiger partial charge in [0.25, 0.3) is 5.91 Å². The molecule has 0 aliphatic carbocycles. The minimum Gasteiger partial charge on any atom is -0.352 e. The molecule has 0 aromatic heterocycles. The summed E-state index contributed by atoms with van der Waals surface area (Å²) in [5.41, 5.74) is 1.33. The van der Waals surface area contributed by atoms with Crippen LogP contribution in [0.5, 0.6) is 0 Å². The molecule has 2 rings (SSSR count). The minimum atomic E-state index is -3.66. The topological polar surface area (TPSA) is 75.3 Å². The summed E-state index contributed by atoms with van der Waals surface area (Å²) in [6.45, 7) is 6.58. The third kappa shape index (κ3) is 5.68. The molecular formula is C20H26N2O3S. The Morgan fingerprint density at radius 1 is 0.962 bits per heavy atom. The maximum absolute atomic E-state index is 12.5. The Morgan fingerprint density at radius 2 is 1.58 bits per heavy atom. The molecule has 1 atom stereocenters. The van der Waals surface area contributed by atoms with Crippen LogP contribution in [-0.4, -0.2) is 20.9 Å². The van der Waals surface area contributed by atoms with E-state index < -0.39 is 10.0 Å². The van der Waals surface area contributed by atoms with Gasteiger partial charge in [0.1, 0.15) is 0 Å². The van der Waals surface area contributed by atoms with Gasteiger partial charge in [-0.2, -0.15) is 0 Å². The van der Waals surface area contributed by atoms with Gasteiger partial charge < -0.3 is 5.32 Å². The van der Waals surface area contributed by atoms with E-state index in [4.69, 9.17) is 0 Å². The van der Waals surface area contributed by atoms with E-state index in [1.54, 1.807) is 6.92 Å². The number of carbonyl (C=O) groups is 1. The maximum Gasteiger partial charge on any atom is 0.251 e. The number of hydrogen-bond acceptors (Lipinski definition) is 3. The summed E-state index contributed by atoms with van der Waals surface area (Å²) in [6.07, 6.45) is 0.902. The second kappa shape index (κ2) is 8.96. The molecule has 2 N–H and O–H groups in total. The molecule has 0 saturated carbocycles. The fourth-order valence-electron chi connectivity index (χ4n) is 2.47. The van der Waals surface area contributed by atoms with Crippen molar-refractivity contribution in [1.82, 2.24) is 10.0 Å². The Kier molecular flexibility index (Phi) is 6.94. The van der Waals surface area contributed by atoms with Crippen LogP contribution in [0.15, 0.2) is 59.5 Å². The number of sulfonamides is 1. The first kappa shape index (κ1) is 20.1. The number of nitrogens with one attached hydrogen (secondary N) is 2. The van der Waals surface area contributed by atoms with Gasteiger partial charge in [0.2, 0.25) is 10.0 Å². The Hall–Kier alpha value is -2.18. The van der Waals surface area contributed by atoms with Crippen LogP contribution in [0.3, 0.4) is 0 Å². The highest BCUT2D eigenvalue weighted by Crippen LogP contribution is 2.17. The third-order valence-corrected chi connectivity index (χ3v) is 5.62. The second-order valence-electron chi connectivity index (χ2n) is 6.72. The van der Waals surface area contributed by atoms with Crippen molar-refractivity contribution in [1.29, 1.82) is 0 Å². The van der Waals surface area contributed by atoms with E-state index in [-0.39, 0.29) is 16.8 Å². The number of amides is 1. The predicted octanol–water partition coefficient (Wildman–Crippen LogP) is 3.50. The number of hydrogen-bond donors (Lipinski definition) is 2. The van der Waals surface area contributed by atoms with Gasteiger partial charge in [0.15, 0.2) is 0 Å². The fraction of sp³-hybridized carbons (Fsp3) is 0.350. The van der Waals surface area contributed by atoms with E-state index in [0.717, 1.165) is 12.0 Å². The van der Waals surface area contributed by atoms with Crippen LogP contribution in [0.25, 0.3) is 0 Å². The molecule has 0 fully saturated rings. The van der Waals surface area contributed by atoms with E-state index in [9.17, 15) is 13.2 Å². The van der Waals surface area contributed by atoms with E-state index in [0.29, 0.717) is 18.0 Å². The van der Waals surface area contributed by atoms with Crippen molar-refractivity contribution in [2.24, 2.45) is 5.92 Å². The number of carbonyl (C=O) groups excluding carboxylic acids is 1. The fourth-order valence-corrected chi connectivity index (χ4v) is 3.70. The van der Waals surface area contributed by atoms with Gasteiger partial charge in [-0.05, 0) is 49.1 Å². The molecule has 140 valence electrons. The summed E-state index contributed by atoms with van der Waals surface area (Å²) >= 11 is 0. The van der Waals surface area contributed by atoms with Crippen molar-refractivity contribution in [2.75, 3.05) is 6.54 Å². The van der Waals surface area contributed by atoms with E-state index in [1.807, 2.05) is 30.3 Å². The van der Waals surface area contributed by atoms with Crippen LogP contribution in [0.4, 0.5) is 0 Å². The van der Waals surface area contributed by atoms with Crippen molar-refractivity contribution < 1.29 is 13.2 Å². The molecule has 5 nitrogen and oxygen atoms in total. The molecule has 1 unspecified atom stereocenters. The van der Waals surface area contributed by atoms with Crippen molar-refractivity contribution in [3.8, 4) is 0 Å². The zero-order valence-electron chi connectivity index (χ0n) is 15.4. The van der Waals surface area contributed by atoms with Crippen LogP contribution in [0.2, 0.25) is 0 Å². The van der Waals surface area contributed by atoms with Gasteiger partial charge in [-0.3, -0.25) is 4.79 Å². The van der Waals surface area contributed by atoms with Crippen LogP contribution < -0.4 is 10.0 Å². The lowest BCUT2D eigenvalue weighted by molar-refractivity contribution is 0.0952. The molecule has 0 aliphatic rings. The quantitative estimate of drug-likeness (QED) is 0.742. The number of rotatable bonds is 8. The maximum atomic E-state index is 12.5. The molecule has 26 heavy (non-hydrogen) atoms. The summed E-state index contributed by atoms with van der Waals surface area (Å²) in [6, 6.07) is 15.0. The molecule has 0 radical (unpaired) electrons. The van der Waals surface area contributed by atoms with Crippen LogP contribution in [0.1, 0.15) is 49.2 Å². The van der Waals surface area contributed by atoms with Crippen molar-refractivity contribution in [3.05, 3.63) is 65.7 Å². The summed E-state index contributed by atoms with van der Waals surface area (Å²) in [5.74, 6) is 0.320.